The lowest BCUT2D eigenvalue weighted by Gasteiger charge is -2.06. The second-order valence-corrected chi connectivity index (χ2v) is 7.36. The zero-order valence-corrected chi connectivity index (χ0v) is 15.7. The van der Waals surface area contributed by atoms with Crippen LogP contribution in [0.3, 0.4) is 0 Å². The Morgan fingerprint density at radius 3 is 2.73 bits per heavy atom. The van der Waals surface area contributed by atoms with Crippen LogP contribution in [0, 0.1) is 0 Å². The van der Waals surface area contributed by atoms with Crippen molar-refractivity contribution in [2.24, 2.45) is 0 Å². The van der Waals surface area contributed by atoms with E-state index >= 15 is 0 Å². The molecule has 0 aliphatic rings. The summed E-state index contributed by atoms with van der Waals surface area (Å²) in [5, 5.41) is 11.2. The molecule has 0 atom stereocenters. The van der Waals surface area contributed by atoms with Crippen LogP contribution in [0.15, 0.2) is 58.9 Å². The molecule has 0 spiro atoms. The third-order valence-corrected chi connectivity index (χ3v) is 5.31. The van der Waals surface area contributed by atoms with Gasteiger partial charge in [0.25, 0.3) is 5.91 Å². The van der Waals surface area contributed by atoms with Crippen LogP contribution < -0.4 is 14.8 Å². The molecule has 3 rings (SSSR count). The molecule has 0 unspecified atom stereocenters. The van der Waals surface area contributed by atoms with Gasteiger partial charge in [-0.2, -0.15) is 0 Å². The molecule has 0 saturated heterocycles. The average molecular weight is 387 g/mol. The van der Waals surface area contributed by atoms with Crippen LogP contribution in [-0.2, 0) is 10.5 Å². The van der Waals surface area contributed by atoms with Crippen LogP contribution in [-0.4, -0.2) is 29.8 Å². The van der Waals surface area contributed by atoms with Gasteiger partial charge < -0.3 is 9.47 Å². The van der Waals surface area contributed by atoms with Crippen LogP contribution in [0.1, 0.15) is 5.56 Å². The van der Waals surface area contributed by atoms with Crippen molar-refractivity contribution in [2.75, 3.05) is 19.0 Å². The van der Waals surface area contributed by atoms with E-state index in [9.17, 15) is 4.79 Å². The van der Waals surface area contributed by atoms with E-state index < -0.39 is 0 Å². The second kappa shape index (κ2) is 9.21. The number of benzene rings is 2. The fourth-order valence-electron chi connectivity index (χ4n) is 2.03. The lowest BCUT2D eigenvalue weighted by Crippen LogP contribution is -2.20. The fraction of sp³-hybridized carbons (Fsp3) is 0.167. The Morgan fingerprint density at radius 1 is 1.12 bits per heavy atom. The van der Waals surface area contributed by atoms with Crippen LogP contribution >= 0.6 is 23.1 Å². The van der Waals surface area contributed by atoms with Crippen molar-refractivity contribution in [3.63, 3.8) is 0 Å². The van der Waals surface area contributed by atoms with Crippen LogP contribution in [0.4, 0.5) is 5.13 Å². The Kier molecular flexibility index (Phi) is 6.45. The first-order valence-corrected chi connectivity index (χ1v) is 9.60. The molecule has 0 saturated carbocycles. The van der Waals surface area contributed by atoms with E-state index in [2.05, 4.69) is 27.6 Å². The van der Waals surface area contributed by atoms with E-state index in [-0.39, 0.29) is 12.5 Å². The number of ether oxygens (including phenoxy) is 2. The van der Waals surface area contributed by atoms with Crippen molar-refractivity contribution in [1.29, 1.82) is 0 Å². The monoisotopic (exact) mass is 387 g/mol. The number of methoxy groups -OCH3 is 1. The van der Waals surface area contributed by atoms with Gasteiger partial charge >= 0.3 is 0 Å². The predicted octanol–water partition coefficient (Wildman–Crippen LogP) is 3.86. The number of thioether (sulfide) groups is 1. The van der Waals surface area contributed by atoms with Crippen LogP contribution in [0.5, 0.6) is 11.5 Å². The summed E-state index contributed by atoms with van der Waals surface area (Å²) in [4.78, 5) is 12.0. The largest absolute Gasteiger partial charge is 0.497 e. The highest BCUT2D eigenvalue weighted by molar-refractivity contribution is 8.00. The number of hydrogen-bond donors (Lipinski definition) is 1. The molecule has 8 heteroatoms. The number of anilines is 1. The van der Waals surface area contributed by atoms with Crippen molar-refractivity contribution < 1.29 is 14.3 Å². The normalized spacial score (nSPS) is 10.3. The Hall–Kier alpha value is -2.58. The van der Waals surface area contributed by atoms with Crippen molar-refractivity contribution in [2.45, 2.75) is 10.1 Å². The molecule has 2 aromatic carbocycles. The Bertz CT molecular complexity index is 856. The molecular formula is C18H17N3O3S2. The van der Waals surface area contributed by atoms with Gasteiger partial charge in [-0.3, -0.25) is 10.1 Å². The van der Waals surface area contributed by atoms with E-state index in [0.29, 0.717) is 16.6 Å². The smallest absolute Gasteiger partial charge is 0.264 e. The summed E-state index contributed by atoms with van der Waals surface area (Å²) in [5.74, 6) is 1.76. The van der Waals surface area contributed by atoms with Gasteiger partial charge in [-0.15, -0.1) is 10.2 Å². The number of amides is 1. The first-order chi connectivity index (χ1) is 12.7. The standard InChI is InChI=1S/C18H17N3O3S2/c1-23-14-8-5-9-15(10-14)24-11-16(22)19-17-20-21-18(26-17)25-12-13-6-3-2-4-7-13/h2-10H,11-12H2,1H3,(H,19,20,22). The minimum absolute atomic E-state index is 0.112. The number of aromatic nitrogens is 2. The Morgan fingerprint density at radius 2 is 1.92 bits per heavy atom. The van der Waals surface area contributed by atoms with E-state index in [1.54, 1.807) is 37.1 Å². The molecule has 6 nitrogen and oxygen atoms in total. The van der Waals surface area contributed by atoms with Crippen molar-refractivity contribution in [1.82, 2.24) is 10.2 Å². The first kappa shape index (κ1) is 18.2. The van der Waals surface area contributed by atoms with Crippen molar-refractivity contribution in [3.05, 3.63) is 60.2 Å². The number of rotatable bonds is 8. The molecule has 134 valence electrons. The minimum Gasteiger partial charge on any atom is -0.497 e. The molecule has 1 amide bonds. The minimum atomic E-state index is -0.288. The van der Waals surface area contributed by atoms with Gasteiger partial charge in [-0.1, -0.05) is 59.5 Å². The number of hydrogen-bond acceptors (Lipinski definition) is 7. The zero-order chi connectivity index (χ0) is 18.2. The molecular weight excluding hydrogens is 370 g/mol. The quantitative estimate of drug-likeness (QED) is 0.467. The zero-order valence-electron chi connectivity index (χ0n) is 14.0. The molecule has 0 aliphatic heterocycles. The topological polar surface area (TPSA) is 73.3 Å². The van der Waals surface area contributed by atoms with Crippen LogP contribution in [0.25, 0.3) is 0 Å². The summed E-state index contributed by atoms with van der Waals surface area (Å²) >= 11 is 2.93. The summed E-state index contributed by atoms with van der Waals surface area (Å²) in [6.45, 7) is -0.112. The summed E-state index contributed by atoms with van der Waals surface area (Å²) in [6.07, 6.45) is 0. The van der Waals surface area contributed by atoms with Gasteiger partial charge in [0.1, 0.15) is 11.5 Å². The highest BCUT2D eigenvalue weighted by Crippen LogP contribution is 2.28. The maximum absolute atomic E-state index is 12.0. The third kappa shape index (κ3) is 5.47. The summed E-state index contributed by atoms with van der Waals surface area (Å²) < 4.78 is 11.4. The van der Waals surface area contributed by atoms with Gasteiger partial charge in [0.2, 0.25) is 5.13 Å². The fourth-order valence-corrected chi connectivity index (χ4v) is 3.76. The molecule has 0 radical (unpaired) electrons. The van der Waals surface area contributed by atoms with Crippen LogP contribution in [0.2, 0.25) is 0 Å². The van der Waals surface area contributed by atoms with Gasteiger partial charge in [-0.25, -0.2) is 0 Å². The lowest BCUT2D eigenvalue weighted by atomic mass is 10.2. The number of nitrogens with zero attached hydrogens (tertiary/aromatic N) is 2. The lowest BCUT2D eigenvalue weighted by molar-refractivity contribution is -0.118. The number of carbonyl (C=O) groups excluding carboxylic acids is 1. The Balaban J connectivity index is 1.46. The maximum Gasteiger partial charge on any atom is 0.264 e. The van der Waals surface area contributed by atoms with Gasteiger partial charge in [0, 0.05) is 11.8 Å². The highest BCUT2D eigenvalue weighted by Gasteiger charge is 2.10. The predicted molar refractivity (Wildman–Crippen MR) is 103 cm³/mol. The SMILES string of the molecule is COc1cccc(OCC(=O)Nc2nnc(SCc3ccccc3)s2)c1. The van der Waals surface area contributed by atoms with Crippen molar-refractivity contribution in [3.8, 4) is 11.5 Å². The molecule has 0 bridgehead atoms. The first-order valence-electron chi connectivity index (χ1n) is 7.80. The second-order valence-electron chi connectivity index (χ2n) is 5.16. The highest BCUT2D eigenvalue weighted by atomic mass is 32.2. The van der Waals surface area contributed by atoms with Crippen molar-refractivity contribution >= 4 is 34.1 Å². The van der Waals surface area contributed by atoms with E-state index in [1.807, 2.05) is 24.3 Å². The molecule has 1 aromatic heterocycles. The number of nitrogens with one attached hydrogen (secondary N) is 1. The molecule has 1 N–H and O–H groups in total. The maximum atomic E-state index is 12.0. The van der Waals surface area contributed by atoms with E-state index in [0.717, 1.165) is 10.1 Å². The molecule has 26 heavy (non-hydrogen) atoms. The van der Waals surface area contributed by atoms with E-state index in [4.69, 9.17) is 9.47 Å². The molecule has 3 aromatic rings. The number of carbonyl (C=O) groups is 1. The average Bonchev–Trinajstić information content (AvgIpc) is 3.13. The third-order valence-electron chi connectivity index (χ3n) is 3.27. The molecule has 1 heterocycles. The molecule has 0 aliphatic carbocycles. The van der Waals surface area contributed by atoms with Gasteiger partial charge in [-0.05, 0) is 17.7 Å². The van der Waals surface area contributed by atoms with Gasteiger partial charge in [0.05, 0.1) is 7.11 Å². The van der Waals surface area contributed by atoms with Gasteiger partial charge in [0.15, 0.2) is 10.9 Å². The molecule has 0 fully saturated rings. The Labute approximate surface area is 159 Å². The van der Waals surface area contributed by atoms with E-state index in [1.165, 1.54) is 16.9 Å². The summed E-state index contributed by atoms with van der Waals surface area (Å²) in [5.41, 5.74) is 1.21. The summed E-state index contributed by atoms with van der Waals surface area (Å²) in [7, 11) is 1.58. The summed E-state index contributed by atoms with van der Waals surface area (Å²) in [6, 6.07) is 17.2.